The van der Waals surface area contributed by atoms with E-state index in [4.69, 9.17) is 4.74 Å². The molecule has 24 heavy (non-hydrogen) atoms. The Morgan fingerprint density at radius 1 is 0.958 bits per heavy atom. The van der Waals surface area contributed by atoms with Crippen molar-refractivity contribution in [2.24, 2.45) is 0 Å². The zero-order valence-electron chi connectivity index (χ0n) is 14.9. The van der Waals surface area contributed by atoms with Crippen LogP contribution in [-0.4, -0.2) is 19.1 Å². The molecule has 0 aromatic heterocycles. The van der Waals surface area contributed by atoms with Crippen molar-refractivity contribution in [2.45, 2.75) is 40.0 Å². The standard InChI is InChI=1S/C21H27NO2/c1-16-12-13-17(2)21(18(16)3)24-15-20(23)22-14-8-7-11-19-9-5-4-6-10-19/h4-6,9-10,12-13H,7-8,11,14-15H2,1-3H3,(H,22,23). The molecule has 128 valence electrons. The maximum atomic E-state index is 11.9. The van der Waals surface area contributed by atoms with Gasteiger partial charge in [-0.15, -0.1) is 0 Å². The number of hydrogen-bond acceptors (Lipinski definition) is 2. The molecule has 0 aliphatic rings. The fourth-order valence-corrected chi connectivity index (χ4v) is 2.66. The van der Waals surface area contributed by atoms with E-state index < -0.39 is 0 Å². The summed E-state index contributed by atoms with van der Waals surface area (Å²) in [6, 6.07) is 14.5. The fourth-order valence-electron chi connectivity index (χ4n) is 2.66. The first-order chi connectivity index (χ1) is 11.6. The number of unbranched alkanes of at least 4 members (excludes halogenated alkanes) is 1. The van der Waals surface area contributed by atoms with Crippen molar-refractivity contribution in [2.75, 3.05) is 13.2 Å². The number of hydrogen-bond donors (Lipinski definition) is 1. The molecule has 2 rings (SSSR count). The SMILES string of the molecule is Cc1ccc(C)c(OCC(=O)NCCCCc2ccccc2)c1C. The second kappa shape index (κ2) is 9.11. The maximum absolute atomic E-state index is 11.9. The van der Waals surface area contributed by atoms with Gasteiger partial charge in [-0.1, -0.05) is 42.5 Å². The third kappa shape index (κ3) is 5.41. The molecule has 0 aliphatic carbocycles. The first kappa shape index (κ1) is 18.1. The highest BCUT2D eigenvalue weighted by Gasteiger charge is 2.08. The Kier molecular flexibility index (Phi) is 6.86. The van der Waals surface area contributed by atoms with E-state index in [2.05, 4.69) is 42.6 Å². The second-order valence-electron chi connectivity index (χ2n) is 6.23. The summed E-state index contributed by atoms with van der Waals surface area (Å²) < 4.78 is 5.72. The third-order valence-corrected chi connectivity index (χ3v) is 4.28. The lowest BCUT2D eigenvalue weighted by Gasteiger charge is -2.13. The van der Waals surface area contributed by atoms with Gasteiger partial charge >= 0.3 is 0 Å². The van der Waals surface area contributed by atoms with E-state index >= 15 is 0 Å². The minimum atomic E-state index is -0.0602. The normalized spacial score (nSPS) is 10.5. The molecule has 0 aliphatic heterocycles. The molecule has 2 aromatic carbocycles. The summed E-state index contributed by atoms with van der Waals surface area (Å²) in [5.74, 6) is 0.768. The smallest absolute Gasteiger partial charge is 0.257 e. The third-order valence-electron chi connectivity index (χ3n) is 4.28. The Bertz CT molecular complexity index is 665. The molecule has 0 unspecified atom stereocenters. The first-order valence-electron chi connectivity index (χ1n) is 8.58. The highest BCUT2D eigenvalue weighted by molar-refractivity contribution is 5.77. The highest BCUT2D eigenvalue weighted by atomic mass is 16.5. The van der Waals surface area contributed by atoms with Gasteiger partial charge in [-0.2, -0.15) is 0 Å². The van der Waals surface area contributed by atoms with Crippen LogP contribution in [0.2, 0.25) is 0 Å². The summed E-state index contributed by atoms with van der Waals surface area (Å²) in [4.78, 5) is 11.9. The molecule has 0 atom stereocenters. The van der Waals surface area contributed by atoms with Gasteiger partial charge in [0.2, 0.25) is 0 Å². The van der Waals surface area contributed by atoms with Crippen molar-refractivity contribution in [1.29, 1.82) is 0 Å². The van der Waals surface area contributed by atoms with Crippen molar-refractivity contribution < 1.29 is 9.53 Å². The van der Waals surface area contributed by atoms with Gasteiger partial charge in [-0.3, -0.25) is 4.79 Å². The summed E-state index contributed by atoms with van der Waals surface area (Å²) in [6.45, 7) is 6.85. The molecule has 1 amide bonds. The van der Waals surface area contributed by atoms with Gasteiger partial charge in [0.25, 0.3) is 5.91 Å². The predicted octanol–water partition coefficient (Wildman–Crippen LogP) is 4.13. The molecule has 0 fully saturated rings. The molecule has 0 radical (unpaired) electrons. The molecular weight excluding hydrogens is 298 g/mol. The molecule has 3 nitrogen and oxygen atoms in total. The first-order valence-corrected chi connectivity index (χ1v) is 8.58. The summed E-state index contributed by atoms with van der Waals surface area (Å²) in [6.07, 6.45) is 3.10. The summed E-state index contributed by atoms with van der Waals surface area (Å²) >= 11 is 0. The fraction of sp³-hybridized carbons (Fsp3) is 0.381. The van der Waals surface area contributed by atoms with Crippen LogP contribution in [-0.2, 0) is 11.2 Å². The number of carbonyl (C=O) groups excluding carboxylic acids is 1. The molecule has 3 heteroatoms. The topological polar surface area (TPSA) is 38.3 Å². The van der Waals surface area contributed by atoms with Crippen LogP contribution in [0.5, 0.6) is 5.75 Å². The Hall–Kier alpha value is -2.29. The molecule has 0 bridgehead atoms. The van der Waals surface area contributed by atoms with E-state index in [1.807, 2.05) is 26.0 Å². The molecule has 1 N–H and O–H groups in total. The van der Waals surface area contributed by atoms with Gasteiger partial charge in [0, 0.05) is 6.54 Å². The number of aryl methyl sites for hydroxylation is 3. The lowest BCUT2D eigenvalue weighted by atomic mass is 10.1. The van der Waals surface area contributed by atoms with Crippen molar-refractivity contribution in [1.82, 2.24) is 5.32 Å². The van der Waals surface area contributed by atoms with Gasteiger partial charge in [-0.05, 0) is 62.3 Å². The molecule has 0 heterocycles. The number of benzene rings is 2. The van der Waals surface area contributed by atoms with Gasteiger partial charge in [0.1, 0.15) is 5.75 Å². The largest absolute Gasteiger partial charge is 0.483 e. The minimum absolute atomic E-state index is 0.0602. The van der Waals surface area contributed by atoms with E-state index in [0.29, 0.717) is 6.54 Å². The average Bonchev–Trinajstić information content (AvgIpc) is 2.59. The average molecular weight is 325 g/mol. The quantitative estimate of drug-likeness (QED) is 0.741. The predicted molar refractivity (Wildman–Crippen MR) is 98.5 cm³/mol. The van der Waals surface area contributed by atoms with Gasteiger partial charge in [0.05, 0.1) is 0 Å². The number of nitrogens with one attached hydrogen (secondary N) is 1. The Morgan fingerprint density at radius 2 is 1.67 bits per heavy atom. The minimum Gasteiger partial charge on any atom is -0.483 e. The lowest BCUT2D eigenvalue weighted by molar-refractivity contribution is -0.123. The van der Waals surface area contributed by atoms with Crippen molar-refractivity contribution in [3.63, 3.8) is 0 Å². The van der Waals surface area contributed by atoms with Crippen LogP contribution in [0.1, 0.15) is 35.1 Å². The van der Waals surface area contributed by atoms with E-state index in [0.717, 1.165) is 36.1 Å². The second-order valence-corrected chi connectivity index (χ2v) is 6.23. The molecule has 0 saturated carbocycles. The Balaban J connectivity index is 1.66. The highest BCUT2D eigenvalue weighted by Crippen LogP contribution is 2.25. The van der Waals surface area contributed by atoms with Crippen molar-refractivity contribution in [3.05, 3.63) is 64.7 Å². The zero-order chi connectivity index (χ0) is 17.4. The summed E-state index contributed by atoms with van der Waals surface area (Å²) in [5, 5.41) is 2.93. The molecule has 0 spiro atoms. The molecule has 2 aromatic rings. The lowest BCUT2D eigenvalue weighted by Crippen LogP contribution is -2.30. The molecular formula is C21H27NO2. The van der Waals surface area contributed by atoms with Crippen molar-refractivity contribution >= 4 is 5.91 Å². The van der Waals surface area contributed by atoms with Crippen LogP contribution in [0.15, 0.2) is 42.5 Å². The van der Waals surface area contributed by atoms with Crippen molar-refractivity contribution in [3.8, 4) is 5.75 Å². The van der Waals surface area contributed by atoms with Gasteiger partial charge in [0.15, 0.2) is 6.61 Å². The monoisotopic (exact) mass is 325 g/mol. The number of amides is 1. The zero-order valence-corrected chi connectivity index (χ0v) is 14.9. The van der Waals surface area contributed by atoms with Crippen LogP contribution in [0.3, 0.4) is 0 Å². The van der Waals surface area contributed by atoms with Crippen LogP contribution in [0, 0.1) is 20.8 Å². The molecule has 0 saturated heterocycles. The van der Waals surface area contributed by atoms with Crippen LogP contribution in [0.4, 0.5) is 0 Å². The van der Waals surface area contributed by atoms with E-state index in [9.17, 15) is 4.79 Å². The Morgan fingerprint density at radius 3 is 2.42 bits per heavy atom. The van der Waals surface area contributed by atoms with E-state index in [1.165, 1.54) is 11.1 Å². The number of rotatable bonds is 8. The number of carbonyl (C=O) groups is 1. The maximum Gasteiger partial charge on any atom is 0.257 e. The van der Waals surface area contributed by atoms with Gasteiger partial charge in [-0.25, -0.2) is 0 Å². The van der Waals surface area contributed by atoms with E-state index in [-0.39, 0.29) is 12.5 Å². The van der Waals surface area contributed by atoms with Gasteiger partial charge < -0.3 is 10.1 Å². The van der Waals surface area contributed by atoms with E-state index in [1.54, 1.807) is 0 Å². The summed E-state index contributed by atoms with van der Waals surface area (Å²) in [7, 11) is 0. The van der Waals surface area contributed by atoms with Crippen LogP contribution >= 0.6 is 0 Å². The van der Waals surface area contributed by atoms with Crippen LogP contribution < -0.4 is 10.1 Å². The summed E-state index contributed by atoms with van der Waals surface area (Å²) in [5.41, 5.74) is 4.69. The van der Waals surface area contributed by atoms with Crippen LogP contribution in [0.25, 0.3) is 0 Å². The number of ether oxygens (including phenoxy) is 1. The Labute approximate surface area is 145 Å².